The molecule has 0 aromatic carbocycles. The minimum Gasteiger partial charge on any atom is -0.344 e. The van der Waals surface area contributed by atoms with Crippen molar-refractivity contribution < 1.29 is 14.4 Å². The first-order valence-electron chi connectivity index (χ1n) is 10.7. The molecule has 150 valence electrons. The maximum absolute atomic E-state index is 13.3. The molecule has 0 bridgehead atoms. The second-order valence-corrected chi connectivity index (χ2v) is 9.07. The number of likely N-dealkylation sites (tertiary alicyclic amines) is 1. The summed E-state index contributed by atoms with van der Waals surface area (Å²) in [6.07, 6.45) is 11.9. The normalized spacial score (nSPS) is 27.2. The van der Waals surface area contributed by atoms with E-state index < -0.39 is 6.04 Å². The lowest BCUT2D eigenvalue weighted by molar-refractivity contribution is -0.152. The summed E-state index contributed by atoms with van der Waals surface area (Å²) in [6.45, 7) is 4.82. The third kappa shape index (κ3) is 4.27. The molecule has 0 aromatic rings. The van der Waals surface area contributed by atoms with E-state index >= 15 is 0 Å². The highest BCUT2D eigenvalue weighted by atomic mass is 16.2. The number of allylic oxidation sites excluding steroid dienone is 2. The van der Waals surface area contributed by atoms with E-state index in [1.807, 2.05) is 33.0 Å². The van der Waals surface area contributed by atoms with Crippen molar-refractivity contribution in [1.29, 1.82) is 0 Å². The number of likely N-dealkylation sites (N-methyl/N-ethyl adjacent to an activating group) is 1. The van der Waals surface area contributed by atoms with Gasteiger partial charge in [-0.25, -0.2) is 0 Å². The van der Waals surface area contributed by atoms with E-state index in [0.29, 0.717) is 25.2 Å². The quantitative estimate of drug-likeness (QED) is 0.529. The highest BCUT2D eigenvalue weighted by Crippen LogP contribution is 2.37. The first kappa shape index (κ1) is 20.1. The summed E-state index contributed by atoms with van der Waals surface area (Å²) < 4.78 is 0. The smallest absolute Gasteiger partial charge is 0.245 e. The molecule has 1 saturated heterocycles. The zero-order valence-corrected chi connectivity index (χ0v) is 17.0. The van der Waals surface area contributed by atoms with Crippen LogP contribution in [-0.4, -0.2) is 47.2 Å². The average molecular weight is 375 g/mol. The van der Waals surface area contributed by atoms with Gasteiger partial charge in [0.2, 0.25) is 17.7 Å². The van der Waals surface area contributed by atoms with Crippen molar-refractivity contribution in [3.8, 4) is 0 Å². The Kier molecular flexibility index (Phi) is 6.38. The lowest BCUT2D eigenvalue weighted by Gasteiger charge is -2.33. The van der Waals surface area contributed by atoms with Crippen molar-refractivity contribution >= 4 is 17.7 Å². The summed E-state index contributed by atoms with van der Waals surface area (Å²) in [5.41, 5.74) is 0. The fourth-order valence-electron chi connectivity index (χ4n) is 5.00. The van der Waals surface area contributed by atoms with Gasteiger partial charge in [-0.1, -0.05) is 45.3 Å². The average Bonchev–Trinajstić information content (AvgIpc) is 2.91. The lowest BCUT2D eigenvalue weighted by atomic mass is 9.85. The summed E-state index contributed by atoms with van der Waals surface area (Å²) in [6, 6.07) is -0.649. The van der Waals surface area contributed by atoms with Crippen LogP contribution in [0.3, 0.4) is 0 Å². The van der Waals surface area contributed by atoms with Gasteiger partial charge in [0.05, 0.1) is 11.8 Å². The Balaban J connectivity index is 1.75. The molecule has 5 nitrogen and oxygen atoms in total. The van der Waals surface area contributed by atoms with Crippen molar-refractivity contribution in [2.24, 2.45) is 23.7 Å². The summed E-state index contributed by atoms with van der Waals surface area (Å²) >= 11 is 0. The summed E-state index contributed by atoms with van der Waals surface area (Å²) in [7, 11) is 1.84. The van der Waals surface area contributed by atoms with Crippen molar-refractivity contribution in [2.45, 2.75) is 71.3 Å². The molecular weight excluding hydrogens is 340 g/mol. The van der Waals surface area contributed by atoms with E-state index in [0.717, 1.165) is 6.54 Å². The Labute approximate surface area is 163 Å². The van der Waals surface area contributed by atoms with E-state index in [9.17, 15) is 14.4 Å². The fourth-order valence-corrected chi connectivity index (χ4v) is 5.00. The lowest BCUT2D eigenvalue weighted by Crippen LogP contribution is -2.51. The maximum atomic E-state index is 13.3. The van der Waals surface area contributed by atoms with Crippen LogP contribution in [0.1, 0.15) is 65.2 Å². The van der Waals surface area contributed by atoms with Crippen LogP contribution < -0.4 is 0 Å². The zero-order chi connectivity index (χ0) is 19.6. The number of amides is 3. The molecular formula is C22H34N2O3. The number of imide groups is 1. The number of carbonyl (C=O) groups excluding carboxylic acids is 3. The summed E-state index contributed by atoms with van der Waals surface area (Å²) in [5.74, 6) is -0.101. The zero-order valence-electron chi connectivity index (χ0n) is 17.0. The second kappa shape index (κ2) is 8.57. The van der Waals surface area contributed by atoms with Gasteiger partial charge < -0.3 is 4.90 Å². The maximum Gasteiger partial charge on any atom is 0.245 e. The van der Waals surface area contributed by atoms with Gasteiger partial charge in [-0.05, 0) is 43.9 Å². The first-order chi connectivity index (χ1) is 12.9. The van der Waals surface area contributed by atoms with Gasteiger partial charge in [0.25, 0.3) is 0 Å². The number of nitrogens with zero attached hydrogens (tertiary/aromatic N) is 2. The molecule has 1 aliphatic heterocycles. The van der Waals surface area contributed by atoms with Gasteiger partial charge in [0.15, 0.2) is 0 Å². The van der Waals surface area contributed by atoms with Crippen LogP contribution in [0.5, 0.6) is 0 Å². The van der Waals surface area contributed by atoms with Gasteiger partial charge in [0.1, 0.15) is 6.04 Å². The molecule has 3 aliphatic rings. The Bertz CT molecular complexity index is 581. The predicted octanol–water partition coefficient (Wildman–Crippen LogP) is 3.39. The Morgan fingerprint density at radius 1 is 1.07 bits per heavy atom. The molecule has 3 atom stereocenters. The Morgan fingerprint density at radius 3 is 2.15 bits per heavy atom. The van der Waals surface area contributed by atoms with Crippen molar-refractivity contribution in [3.63, 3.8) is 0 Å². The number of hydrogen-bond acceptors (Lipinski definition) is 3. The molecule has 2 fully saturated rings. The third-order valence-corrected chi connectivity index (χ3v) is 6.47. The molecule has 5 heteroatoms. The van der Waals surface area contributed by atoms with E-state index in [1.54, 1.807) is 4.90 Å². The standard InChI is InChI=1S/C22H34N2O3/c1-15(2)13-19(22(27)23(3)14-16-9-5-4-6-10-16)24-20(25)17-11-7-8-12-18(17)21(24)26/h7-8,15-19H,4-6,9-14H2,1-3H3. The minimum atomic E-state index is -0.649. The number of carbonyl (C=O) groups is 3. The van der Waals surface area contributed by atoms with Gasteiger partial charge in [-0.3, -0.25) is 19.3 Å². The predicted molar refractivity (Wildman–Crippen MR) is 105 cm³/mol. The van der Waals surface area contributed by atoms with E-state index in [2.05, 4.69) is 0 Å². The summed E-state index contributed by atoms with van der Waals surface area (Å²) in [4.78, 5) is 42.4. The molecule has 0 radical (unpaired) electrons. The Morgan fingerprint density at radius 2 is 1.63 bits per heavy atom. The number of rotatable bonds is 6. The van der Waals surface area contributed by atoms with E-state index in [-0.39, 0.29) is 35.5 Å². The molecule has 3 unspecified atom stereocenters. The largest absolute Gasteiger partial charge is 0.344 e. The van der Waals surface area contributed by atoms with E-state index in [4.69, 9.17) is 0 Å². The first-order valence-corrected chi connectivity index (χ1v) is 10.7. The van der Waals surface area contributed by atoms with Crippen LogP contribution in [-0.2, 0) is 14.4 Å². The highest BCUT2D eigenvalue weighted by molar-refractivity contribution is 6.08. The molecule has 27 heavy (non-hydrogen) atoms. The third-order valence-electron chi connectivity index (χ3n) is 6.47. The Hall–Kier alpha value is -1.65. The highest BCUT2D eigenvalue weighted by Gasteiger charge is 2.51. The monoisotopic (exact) mass is 374 g/mol. The number of hydrogen-bond donors (Lipinski definition) is 0. The molecule has 3 amide bonds. The SMILES string of the molecule is CC(C)CC(C(=O)N(C)CC1CCCCC1)N1C(=O)C2CC=CCC2C1=O. The van der Waals surface area contributed by atoms with Gasteiger partial charge >= 0.3 is 0 Å². The van der Waals surface area contributed by atoms with Crippen LogP contribution in [0.25, 0.3) is 0 Å². The van der Waals surface area contributed by atoms with Crippen LogP contribution in [0.15, 0.2) is 12.2 Å². The second-order valence-electron chi connectivity index (χ2n) is 9.07. The molecule has 2 aliphatic carbocycles. The minimum absolute atomic E-state index is 0.0671. The molecule has 0 N–H and O–H groups in total. The number of fused-ring (bicyclic) bond motifs is 1. The molecule has 1 saturated carbocycles. The van der Waals surface area contributed by atoms with Gasteiger partial charge in [0, 0.05) is 13.6 Å². The van der Waals surface area contributed by atoms with Crippen LogP contribution in [0, 0.1) is 23.7 Å². The molecule has 1 heterocycles. The van der Waals surface area contributed by atoms with Crippen LogP contribution in [0.4, 0.5) is 0 Å². The summed E-state index contributed by atoms with van der Waals surface area (Å²) in [5, 5.41) is 0. The molecule has 0 spiro atoms. The molecule has 3 rings (SSSR count). The fraction of sp³-hybridized carbons (Fsp3) is 0.773. The van der Waals surface area contributed by atoms with Crippen LogP contribution in [0.2, 0.25) is 0 Å². The van der Waals surface area contributed by atoms with Gasteiger partial charge in [-0.2, -0.15) is 0 Å². The van der Waals surface area contributed by atoms with Crippen molar-refractivity contribution in [3.05, 3.63) is 12.2 Å². The van der Waals surface area contributed by atoms with Crippen LogP contribution >= 0.6 is 0 Å². The van der Waals surface area contributed by atoms with Crippen molar-refractivity contribution in [1.82, 2.24) is 9.80 Å². The van der Waals surface area contributed by atoms with Gasteiger partial charge in [-0.15, -0.1) is 0 Å². The van der Waals surface area contributed by atoms with E-state index in [1.165, 1.54) is 37.0 Å². The van der Waals surface area contributed by atoms with Crippen molar-refractivity contribution in [2.75, 3.05) is 13.6 Å². The molecule has 0 aromatic heterocycles. The topological polar surface area (TPSA) is 57.7 Å².